The molecule has 30 heavy (non-hydrogen) atoms. The number of hydrogen-bond donors (Lipinski definition) is 1. The summed E-state index contributed by atoms with van der Waals surface area (Å²) < 4.78 is 14.8. The molecule has 0 unspecified atom stereocenters. The minimum absolute atomic E-state index is 0.0611. The molecule has 2 heterocycles. The molecule has 0 radical (unpaired) electrons. The first-order valence-electron chi connectivity index (χ1n) is 10.7. The van der Waals surface area contributed by atoms with Gasteiger partial charge in [-0.3, -0.25) is 14.6 Å². The van der Waals surface area contributed by atoms with Gasteiger partial charge in [-0.1, -0.05) is 37.1 Å². The molecule has 2 aromatic rings. The molecule has 1 atom stereocenters. The number of carbonyl (C=O) groups is 2. The molecule has 4 rings (SSSR count). The van der Waals surface area contributed by atoms with E-state index < -0.39 is 10.8 Å². The standard InChI is InChI=1S/C24H28FN3O2/c1-26-21(29)24(20-11-4-7-15-27-20)14-8-16-28(17-24)22(30)23(12-5-6-13-23)18-9-2-3-10-19(18)25/h2-4,7,9-11,15H,5-6,8,12-14,16-17H2,1H3,(H,26,29)/t24-/m1/s1. The first kappa shape index (κ1) is 20.5. The maximum absolute atomic E-state index is 14.8. The molecular formula is C24H28FN3O2. The van der Waals surface area contributed by atoms with E-state index in [0.717, 1.165) is 12.8 Å². The van der Waals surface area contributed by atoms with E-state index in [0.29, 0.717) is 43.5 Å². The molecule has 1 aliphatic heterocycles. The Morgan fingerprint density at radius 1 is 1.00 bits per heavy atom. The van der Waals surface area contributed by atoms with Crippen LogP contribution >= 0.6 is 0 Å². The Kier molecular flexibility index (Phi) is 5.58. The molecule has 1 saturated heterocycles. The number of aromatic nitrogens is 1. The predicted molar refractivity (Wildman–Crippen MR) is 112 cm³/mol. The Morgan fingerprint density at radius 3 is 2.37 bits per heavy atom. The number of likely N-dealkylation sites (tertiary alicyclic amines) is 1. The average molecular weight is 410 g/mol. The van der Waals surface area contributed by atoms with Crippen LogP contribution < -0.4 is 5.32 Å². The third kappa shape index (κ3) is 3.28. The molecule has 1 aromatic carbocycles. The molecule has 2 fully saturated rings. The van der Waals surface area contributed by atoms with E-state index in [1.54, 1.807) is 36.3 Å². The van der Waals surface area contributed by atoms with Crippen molar-refractivity contribution < 1.29 is 14.0 Å². The molecule has 158 valence electrons. The highest BCUT2D eigenvalue weighted by atomic mass is 19.1. The van der Waals surface area contributed by atoms with E-state index >= 15 is 0 Å². The van der Waals surface area contributed by atoms with Crippen molar-refractivity contribution in [3.63, 3.8) is 0 Å². The van der Waals surface area contributed by atoms with Gasteiger partial charge in [-0.25, -0.2) is 4.39 Å². The normalized spacial score (nSPS) is 23.2. The van der Waals surface area contributed by atoms with Gasteiger partial charge in [0.05, 0.1) is 11.1 Å². The average Bonchev–Trinajstić information content (AvgIpc) is 3.29. The van der Waals surface area contributed by atoms with E-state index in [1.807, 2.05) is 18.2 Å². The number of hydrogen-bond acceptors (Lipinski definition) is 3. The van der Waals surface area contributed by atoms with Crippen LogP contribution in [0.25, 0.3) is 0 Å². The topological polar surface area (TPSA) is 62.3 Å². The fourth-order valence-electron chi connectivity index (χ4n) is 5.35. The van der Waals surface area contributed by atoms with Crippen molar-refractivity contribution in [3.05, 3.63) is 65.7 Å². The zero-order chi connectivity index (χ0) is 21.2. The molecule has 6 heteroatoms. The second-order valence-corrected chi connectivity index (χ2v) is 8.48. The number of nitrogens with one attached hydrogen (secondary N) is 1. The van der Waals surface area contributed by atoms with Gasteiger partial charge in [0.1, 0.15) is 11.2 Å². The van der Waals surface area contributed by atoms with Crippen LogP contribution in [0.1, 0.15) is 49.8 Å². The van der Waals surface area contributed by atoms with Crippen LogP contribution in [0.4, 0.5) is 4.39 Å². The molecule has 1 aliphatic carbocycles. The van der Waals surface area contributed by atoms with E-state index in [2.05, 4.69) is 10.3 Å². The molecule has 1 saturated carbocycles. The zero-order valence-electron chi connectivity index (χ0n) is 17.4. The summed E-state index contributed by atoms with van der Waals surface area (Å²) in [5.74, 6) is -0.522. The highest BCUT2D eigenvalue weighted by molar-refractivity contribution is 5.92. The Balaban J connectivity index is 1.72. The molecule has 0 bridgehead atoms. The van der Waals surface area contributed by atoms with Crippen molar-refractivity contribution in [1.82, 2.24) is 15.2 Å². The van der Waals surface area contributed by atoms with Crippen molar-refractivity contribution in [2.24, 2.45) is 0 Å². The molecule has 0 spiro atoms. The van der Waals surface area contributed by atoms with E-state index in [4.69, 9.17) is 0 Å². The van der Waals surface area contributed by atoms with Crippen molar-refractivity contribution in [3.8, 4) is 0 Å². The molecular weight excluding hydrogens is 381 g/mol. The minimum Gasteiger partial charge on any atom is -0.358 e. The van der Waals surface area contributed by atoms with Crippen LogP contribution in [0.3, 0.4) is 0 Å². The van der Waals surface area contributed by atoms with Gasteiger partial charge in [-0.2, -0.15) is 0 Å². The quantitative estimate of drug-likeness (QED) is 0.843. The number of halogens is 1. The Labute approximate surface area is 176 Å². The second kappa shape index (κ2) is 8.17. The second-order valence-electron chi connectivity index (χ2n) is 8.48. The highest BCUT2D eigenvalue weighted by Crippen LogP contribution is 2.45. The van der Waals surface area contributed by atoms with Crippen LogP contribution in [-0.4, -0.2) is 41.8 Å². The van der Waals surface area contributed by atoms with Gasteiger partial charge in [0.15, 0.2) is 0 Å². The van der Waals surface area contributed by atoms with Crippen LogP contribution in [0, 0.1) is 5.82 Å². The molecule has 2 amide bonds. The summed E-state index contributed by atoms with van der Waals surface area (Å²) in [6.07, 6.45) is 6.07. The number of likely N-dealkylation sites (N-methyl/N-ethyl adjacent to an activating group) is 1. The first-order valence-corrected chi connectivity index (χ1v) is 10.7. The summed E-state index contributed by atoms with van der Waals surface area (Å²) in [6.45, 7) is 0.833. The van der Waals surface area contributed by atoms with Crippen molar-refractivity contribution >= 4 is 11.8 Å². The molecule has 1 N–H and O–H groups in total. The van der Waals surface area contributed by atoms with Crippen LogP contribution in [0.15, 0.2) is 48.7 Å². The zero-order valence-corrected chi connectivity index (χ0v) is 17.4. The van der Waals surface area contributed by atoms with Gasteiger partial charge in [0, 0.05) is 31.9 Å². The lowest BCUT2D eigenvalue weighted by Crippen LogP contribution is -2.58. The van der Waals surface area contributed by atoms with E-state index in [1.165, 1.54) is 6.07 Å². The predicted octanol–water partition coefficient (Wildman–Crippen LogP) is 3.34. The first-order chi connectivity index (χ1) is 14.5. The monoisotopic (exact) mass is 409 g/mol. The van der Waals surface area contributed by atoms with Crippen molar-refractivity contribution in [2.75, 3.05) is 20.1 Å². The summed E-state index contributed by atoms with van der Waals surface area (Å²) in [5.41, 5.74) is -0.574. The van der Waals surface area contributed by atoms with Gasteiger partial charge in [0.2, 0.25) is 11.8 Å². The number of benzene rings is 1. The summed E-state index contributed by atoms with van der Waals surface area (Å²) in [5, 5.41) is 2.78. The Hall–Kier alpha value is -2.76. The van der Waals surface area contributed by atoms with Gasteiger partial charge in [-0.15, -0.1) is 0 Å². The lowest BCUT2D eigenvalue weighted by Gasteiger charge is -2.44. The number of carbonyl (C=O) groups excluding carboxylic acids is 2. The van der Waals surface area contributed by atoms with Crippen LogP contribution in [0.2, 0.25) is 0 Å². The fourth-order valence-corrected chi connectivity index (χ4v) is 5.35. The van der Waals surface area contributed by atoms with Gasteiger partial charge in [0.25, 0.3) is 0 Å². The molecule has 1 aromatic heterocycles. The molecule has 5 nitrogen and oxygen atoms in total. The lowest BCUT2D eigenvalue weighted by molar-refractivity contribution is -0.142. The van der Waals surface area contributed by atoms with E-state index in [-0.39, 0.29) is 24.2 Å². The SMILES string of the molecule is CNC(=O)[C@]1(c2ccccn2)CCCN(C(=O)C2(c3ccccc3F)CCCC2)C1. The third-order valence-corrected chi connectivity index (χ3v) is 6.85. The Morgan fingerprint density at radius 2 is 1.70 bits per heavy atom. The number of pyridine rings is 1. The number of amides is 2. The minimum atomic E-state index is -0.890. The van der Waals surface area contributed by atoms with Crippen molar-refractivity contribution in [2.45, 2.75) is 49.4 Å². The molecule has 2 aliphatic rings. The maximum atomic E-state index is 14.8. The van der Waals surface area contributed by atoms with Gasteiger partial charge < -0.3 is 10.2 Å². The fraction of sp³-hybridized carbons (Fsp3) is 0.458. The lowest BCUT2D eigenvalue weighted by atomic mass is 9.73. The summed E-state index contributed by atoms with van der Waals surface area (Å²) in [4.78, 5) is 33.2. The smallest absolute Gasteiger partial charge is 0.233 e. The highest BCUT2D eigenvalue weighted by Gasteiger charge is 2.51. The maximum Gasteiger partial charge on any atom is 0.233 e. The van der Waals surface area contributed by atoms with Gasteiger partial charge in [-0.05, 0) is 43.9 Å². The number of piperidine rings is 1. The number of rotatable bonds is 4. The van der Waals surface area contributed by atoms with Crippen LogP contribution in [-0.2, 0) is 20.4 Å². The van der Waals surface area contributed by atoms with E-state index in [9.17, 15) is 14.0 Å². The Bertz CT molecular complexity index is 927. The third-order valence-electron chi connectivity index (χ3n) is 6.85. The van der Waals surface area contributed by atoms with Gasteiger partial charge >= 0.3 is 0 Å². The van der Waals surface area contributed by atoms with Crippen LogP contribution in [0.5, 0.6) is 0 Å². The summed E-state index contributed by atoms with van der Waals surface area (Å²) >= 11 is 0. The van der Waals surface area contributed by atoms with Crippen molar-refractivity contribution in [1.29, 1.82) is 0 Å². The number of nitrogens with zero attached hydrogens (tertiary/aromatic N) is 2. The summed E-state index contributed by atoms with van der Waals surface area (Å²) in [7, 11) is 1.62. The largest absolute Gasteiger partial charge is 0.358 e. The summed E-state index contributed by atoms with van der Waals surface area (Å²) in [6, 6.07) is 12.2.